The van der Waals surface area contributed by atoms with Crippen molar-refractivity contribution in [3.05, 3.63) is 71.8 Å². The van der Waals surface area contributed by atoms with Gasteiger partial charge >= 0.3 is 0 Å². The van der Waals surface area contributed by atoms with Crippen LogP contribution in [0.5, 0.6) is 23.0 Å². The van der Waals surface area contributed by atoms with E-state index in [0.717, 1.165) is 28.0 Å². The second-order valence-corrected chi connectivity index (χ2v) is 6.80. The first-order valence-electron chi connectivity index (χ1n) is 9.47. The third kappa shape index (κ3) is 4.81. The van der Waals surface area contributed by atoms with Gasteiger partial charge in [0.2, 0.25) is 0 Å². The van der Waals surface area contributed by atoms with Gasteiger partial charge in [-0.15, -0.1) is 0 Å². The monoisotopic (exact) mass is 393 g/mol. The molecule has 0 saturated heterocycles. The predicted molar refractivity (Wildman–Crippen MR) is 115 cm³/mol. The molecule has 0 saturated carbocycles. The third-order valence-corrected chi connectivity index (χ3v) is 4.94. The first kappa shape index (κ1) is 20.6. The molecular weight excluding hydrogens is 366 g/mol. The van der Waals surface area contributed by atoms with Crippen LogP contribution in [0.3, 0.4) is 0 Å². The summed E-state index contributed by atoms with van der Waals surface area (Å²) in [5.41, 5.74) is 4.14. The average Bonchev–Trinajstić information content (AvgIpc) is 2.76. The number of hydrogen-bond donors (Lipinski definition) is 2. The van der Waals surface area contributed by atoms with Crippen molar-refractivity contribution in [2.75, 3.05) is 21.3 Å². The lowest BCUT2D eigenvalue weighted by atomic mass is 10.0. The zero-order valence-corrected chi connectivity index (χ0v) is 17.2. The van der Waals surface area contributed by atoms with E-state index in [4.69, 9.17) is 14.2 Å². The van der Waals surface area contributed by atoms with E-state index in [0.29, 0.717) is 18.0 Å². The van der Waals surface area contributed by atoms with Gasteiger partial charge in [0, 0.05) is 18.2 Å². The Bertz CT molecular complexity index is 971. The standard InChI is InChI=1S/C24H27NO4/c1-16(18-6-5-7-20(26)13-18)25-15-17-8-10-22(27-2)21(12-17)19-9-11-23(28-3)24(14-19)29-4/h5-14,16,25-26H,15H2,1-4H3/t16-/m1/s1. The Labute approximate surface area is 171 Å². The summed E-state index contributed by atoms with van der Waals surface area (Å²) in [6.45, 7) is 2.76. The van der Waals surface area contributed by atoms with Crippen LogP contribution in [0.2, 0.25) is 0 Å². The fourth-order valence-corrected chi connectivity index (χ4v) is 3.28. The molecule has 152 valence electrons. The summed E-state index contributed by atoms with van der Waals surface area (Å²) in [5.74, 6) is 2.43. The van der Waals surface area contributed by atoms with Crippen LogP contribution in [0.1, 0.15) is 24.1 Å². The molecule has 0 fully saturated rings. The van der Waals surface area contributed by atoms with E-state index < -0.39 is 0 Å². The molecule has 3 aromatic carbocycles. The van der Waals surface area contributed by atoms with Gasteiger partial charge in [-0.2, -0.15) is 0 Å². The molecular formula is C24H27NO4. The van der Waals surface area contributed by atoms with Gasteiger partial charge < -0.3 is 24.6 Å². The Morgan fingerprint density at radius 3 is 2.24 bits per heavy atom. The van der Waals surface area contributed by atoms with Crippen LogP contribution in [0.4, 0.5) is 0 Å². The number of phenolic OH excluding ortho intramolecular Hbond substituents is 1. The van der Waals surface area contributed by atoms with E-state index in [2.05, 4.69) is 18.3 Å². The van der Waals surface area contributed by atoms with Gasteiger partial charge in [0.15, 0.2) is 11.5 Å². The molecule has 29 heavy (non-hydrogen) atoms. The van der Waals surface area contributed by atoms with Crippen LogP contribution in [0.15, 0.2) is 60.7 Å². The highest BCUT2D eigenvalue weighted by Crippen LogP contribution is 2.37. The maximum Gasteiger partial charge on any atom is 0.161 e. The van der Waals surface area contributed by atoms with E-state index in [1.54, 1.807) is 33.5 Å². The molecule has 2 N–H and O–H groups in total. The van der Waals surface area contributed by atoms with Crippen LogP contribution in [-0.4, -0.2) is 26.4 Å². The molecule has 0 aromatic heterocycles. The van der Waals surface area contributed by atoms with Crippen molar-refractivity contribution in [2.45, 2.75) is 19.5 Å². The van der Waals surface area contributed by atoms with E-state index in [9.17, 15) is 5.11 Å². The second-order valence-electron chi connectivity index (χ2n) is 6.80. The highest BCUT2D eigenvalue weighted by Gasteiger charge is 2.12. The Hall–Kier alpha value is -3.18. The molecule has 0 amide bonds. The normalized spacial score (nSPS) is 11.7. The van der Waals surface area contributed by atoms with Gasteiger partial charge in [-0.25, -0.2) is 0 Å². The van der Waals surface area contributed by atoms with Crippen LogP contribution in [0.25, 0.3) is 11.1 Å². The largest absolute Gasteiger partial charge is 0.508 e. The number of rotatable bonds is 8. The SMILES string of the molecule is COc1ccc(-c2cc(CN[C@H](C)c3cccc(O)c3)ccc2OC)cc1OC. The number of nitrogens with one attached hydrogen (secondary N) is 1. The topological polar surface area (TPSA) is 60.0 Å². The maximum atomic E-state index is 9.69. The summed E-state index contributed by atoms with van der Waals surface area (Å²) in [5, 5.41) is 13.2. The Balaban J connectivity index is 1.84. The number of benzene rings is 3. The van der Waals surface area contributed by atoms with Gasteiger partial charge in [-0.1, -0.05) is 24.3 Å². The zero-order valence-electron chi connectivity index (χ0n) is 17.2. The molecule has 0 bridgehead atoms. The van der Waals surface area contributed by atoms with Crippen LogP contribution >= 0.6 is 0 Å². The fourth-order valence-electron chi connectivity index (χ4n) is 3.28. The van der Waals surface area contributed by atoms with E-state index >= 15 is 0 Å². The first-order chi connectivity index (χ1) is 14.0. The summed E-state index contributed by atoms with van der Waals surface area (Å²) >= 11 is 0. The first-order valence-corrected chi connectivity index (χ1v) is 9.47. The van der Waals surface area contributed by atoms with E-state index in [1.807, 2.05) is 42.5 Å². The predicted octanol–water partition coefficient (Wildman–Crippen LogP) is 4.94. The van der Waals surface area contributed by atoms with Crippen molar-refractivity contribution >= 4 is 0 Å². The molecule has 0 heterocycles. The Kier molecular flexibility index (Phi) is 6.62. The number of methoxy groups -OCH3 is 3. The molecule has 0 aliphatic heterocycles. The molecule has 0 spiro atoms. The molecule has 3 rings (SSSR count). The second kappa shape index (κ2) is 9.34. The molecule has 3 aromatic rings. The molecule has 5 nitrogen and oxygen atoms in total. The number of phenols is 1. The Morgan fingerprint density at radius 1 is 0.828 bits per heavy atom. The number of aromatic hydroxyl groups is 1. The highest BCUT2D eigenvalue weighted by molar-refractivity contribution is 5.73. The fraction of sp³-hybridized carbons (Fsp3) is 0.250. The maximum absolute atomic E-state index is 9.69. The summed E-state index contributed by atoms with van der Waals surface area (Å²) in [7, 11) is 4.92. The summed E-state index contributed by atoms with van der Waals surface area (Å²) < 4.78 is 16.4. The van der Waals surface area contributed by atoms with E-state index in [1.165, 1.54) is 0 Å². The average molecular weight is 393 g/mol. The van der Waals surface area contributed by atoms with Crippen LogP contribution < -0.4 is 19.5 Å². The van der Waals surface area contributed by atoms with Crippen molar-refractivity contribution < 1.29 is 19.3 Å². The van der Waals surface area contributed by atoms with Gasteiger partial charge in [0.25, 0.3) is 0 Å². The molecule has 0 aliphatic carbocycles. The minimum absolute atomic E-state index is 0.105. The highest BCUT2D eigenvalue weighted by atomic mass is 16.5. The lowest BCUT2D eigenvalue weighted by Gasteiger charge is -2.17. The zero-order chi connectivity index (χ0) is 20.8. The molecule has 0 aliphatic rings. The number of ether oxygens (including phenoxy) is 3. The minimum Gasteiger partial charge on any atom is -0.508 e. The Morgan fingerprint density at radius 2 is 1.55 bits per heavy atom. The van der Waals surface area contributed by atoms with Crippen molar-refractivity contribution in [1.29, 1.82) is 0 Å². The summed E-state index contributed by atoms with van der Waals surface area (Å²) in [6.07, 6.45) is 0. The van der Waals surface area contributed by atoms with Gasteiger partial charge in [-0.05, 0) is 60.0 Å². The van der Waals surface area contributed by atoms with Crippen LogP contribution in [-0.2, 0) is 6.54 Å². The molecule has 0 radical (unpaired) electrons. The molecule has 0 unspecified atom stereocenters. The number of hydrogen-bond acceptors (Lipinski definition) is 5. The minimum atomic E-state index is 0.105. The lowest BCUT2D eigenvalue weighted by Crippen LogP contribution is -2.18. The molecule has 1 atom stereocenters. The van der Waals surface area contributed by atoms with Gasteiger partial charge in [0.05, 0.1) is 21.3 Å². The van der Waals surface area contributed by atoms with Crippen molar-refractivity contribution in [3.8, 4) is 34.1 Å². The third-order valence-electron chi connectivity index (χ3n) is 4.94. The molecule has 5 heteroatoms. The van der Waals surface area contributed by atoms with Crippen molar-refractivity contribution in [1.82, 2.24) is 5.32 Å². The van der Waals surface area contributed by atoms with Crippen molar-refractivity contribution in [2.24, 2.45) is 0 Å². The van der Waals surface area contributed by atoms with Gasteiger partial charge in [-0.3, -0.25) is 0 Å². The summed E-state index contributed by atoms with van der Waals surface area (Å²) in [6, 6.07) is 19.4. The quantitative estimate of drug-likeness (QED) is 0.568. The van der Waals surface area contributed by atoms with E-state index in [-0.39, 0.29) is 11.8 Å². The van der Waals surface area contributed by atoms with Crippen molar-refractivity contribution in [3.63, 3.8) is 0 Å². The smallest absolute Gasteiger partial charge is 0.161 e. The van der Waals surface area contributed by atoms with Crippen LogP contribution in [0, 0.1) is 0 Å². The van der Waals surface area contributed by atoms with Gasteiger partial charge in [0.1, 0.15) is 11.5 Å². The summed E-state index contributed by atoms with van der Waals surface area (Å²) in [4.78, 5) is 0. The lowest BCUT2D eigenvalue weighted by molar-refractivity contribution is 0.355.